The molecule has 144 valence electrons. The van der Waals surface area contributed by atoms with Crippen molar-refractivity contribution in [3.05, 3.63) is 0 Å². The van der Waals surface area contributed by atoms with Gasteiger partial charge in [0.15, 0.2) is 0 Å². The number of phosphoric ester groups is 1. The van der Waals surface area contributed by atoms with E-state index in [2.05, 4.69) is 17.9 Å². The third-order valence-electron chi connectivity index (χ3n) is 3.00. The first-order valence-electron chi connectivity index (χ1n) is 5.96. The molecule has 0 aromatic rings. The SMILES string of the molecule is C[C@@H]1O[C@](F)(COP(=O)(O)OP(=O)(O)OP(=O)(O)O)[C@@H](O)[C@@]1(C)O. The normalized spacial score (nSPS) is 39.4. The van der Waals surface area contributed by atoms with Crippen molar-refractivity contribution in [2.75, 3.05) is 6.61 Å². The topological polar surface area (TPSA) is 210 Å². The number of halogens is 1. The summed E-state index contributed by atoms with van der Waals surface area (Å²) in [5.41, 5.74) is -2.08. The van der Waals surface area contributed by atoms with E-state index < -0.39 is 53.7 Å². The lowest BCUT2D eigenvalue weighted by Gasteiger charge is -2.27. The molecule has 0 amide bonds. The Hall–Kier alpha value is 0.220. The zero-order chi connectivity index (χ0) is 19.2. The van der Waals surface area contributed by atoms with Gasteiger partial charge in [-0.05, 0) is 13.8 Å². The lowest BCUT2D eigenvalue weighted by molar-refractivity contribution is -0.192. The number of phosphoric acid groups is 3. The molecule has 1 aliphatic heterocycles. The number of alkyl halides is 1. The Labute approximate surface area is 134 Å². The molecule has 2 unspecified atom stereocenters. The second kappa shape index (κ2) is 6.75. The van der Waals surface area contributed by atoms with Crippen molar-refractivity contribution >= 4 is 23.5 Å². The van der Waals surface area contributed by atoms with Gasteiger partial charge in [0.2, 0.25) is 0 Å². The van der Waals surface area contributed by atoms with E-state index in [1.807, 2.05) is 0 Å². The van der Waals surface area contributed by atoms with Crippen molar-refractivity contribution in [3.63, 3.8) is 0 Å². The van der Waals surface area contributed by atoms with Gasteiger partial charge in [0.1, 0.15) is 18.3 Å². The summed E-state index contributed by atoms with van der Waals surface area (Å²) in [5.74, 6) is -3.17. The summed E-state index contributed by atoms with van der Waals surface area (Å²) < 4.78 is 62.8. The van der Waals surface area contributed by atoms with Crippen LogP contribution in [0.25, 0.3) is 0 Å². The summed E-state index contributed by atoms with van der Waals surface area (Å²) in [6, 6.07) is 0. The van der Waals surface area contributed by atoms with Gasteiger partial charge in [0, 0.05) is 0 Å². The van der Waals surface area contributed by atoms with Gasteiger partial charge in [-0.1, -0.05) is 0 Å². The molecule has 1 heterocycles. The lowest BCUT2D eigenvalue weighted by atomic mass is 9.93. The van der Waals surface area contributed by atoms with E-state index in [1.165, 1.54) is 6.92 Å². The van der Waals surface area contributed by atoms with E-state index in [1.54, 1.807) is 0 Å². The highest BCUT2D eigenvalue weighted by molar-refractivity contribution is 7.66. The monoisotopic (exact) mass is 420 g/mol. The van der Waals surface area contributed by atoms with E-state index in [-0.39, 0.29) is 0 Å². The third-order valence-corrected chi connectivity index (χ3v) is 6.78. The molecule has 0 aromatic carbocycles. The number of rotatable bonds is 7. The first-order valence-corrected chi connectivity index (χ1v) is 10.5. The number of ether oxygens (including phenoxy) is 1. The molecule has 0 aliphatic carbocycles. The van der Waals surface area contributed by atoms with Crippen LogP contribution in [0.5, 0.6) is 0 Å². The molecule has 0 saturated carbocycles. The number of aliphatic hydroxyl groups excluding tert-OH is 1. The van der Waals surface area contributed by atoms with E-state index in [9.17, 15) is 33.2 Å². The Morgan fingerprint density at radius 3 is 2.00 bits per heavy atom. The molecule has 6 N–H and O–H groups in total. The highest BCUT2D eigenvalue weighted by atomic mass is 31.3. The number of aliphatic hydroxyl groups is 2. The maximum atomic E-state index is 14.4. The Bertz CT molecular complexity index is 617. The van der Waals surface area contributed by atoms with Crippen LogP contribution in [0.2, 0.25) is 0 Å². The fourth-order valence-electron chi connectivity index (χ4n) is 1.72. The number of hydrogen-bond acceptors (Lipinski definition) is 9. The Morgan fingerprint density at radius 1 is 1.12 bits per heavy atom. The molecule has 0 spiro atoms. The van der Waals surface area contributed by atoms with Crippen molar-refractivity contribution in [2.45, 2.75) is 37.5 Å². The standard InChI is InChI=1S/C7H16FO13P3/c1-4-6(2,10)5(9)7(8,19-4)3-18-23(14,15)21-24(16,17)20-22(11,12)13/h4-5,9-10H,3H2,1-2H3,(H,14,15)(H,16,17)(H2,11,12,13)/t4-,5-,6-,7+/m0/s1. The van der Waals surface area contributed by atoms with Gasteiger partial charge < -0.3 is 34.5 Å². The average molecular weight is 420 g/mol. The highest BCUT2D eigenvalue weighted by Crippen LogP contribution is 2.66. The van der Waals surface area contributed by atoms with Crippen LogP contribution < -0.4 is 0 Å². The fraction of sp³-hybridized carbons (Fsp3) is 1.00. The van der Waals surface area contributed by atoms with Gasteiger partial charge >= 0.3 is 23.5 Å². The van der Waals surface area contributed by atoms with Gasteiger partial charge in [-0.3, -0.25) is 4.52 Å². The Morgan fingerprint density at radius 2 is 1.62 bits per heavy atom. The highest BCUT2D eigenvalue weighted by Gasteiger charge is 2.61. The van der Waals surface area contributed by atoms with Crippen LogP contribution in [-0.4, -0.2) is 60.1 Å². The fourth-order valence-corrected chi connectivity index (χ4v) is 4.76. The molecule has 1 rings (SSSR count). The van der Waals surface area contributed by atoms with Gasteiger partial charge in [0.05, 0.1) is 6.10 Å². The van der Waals surface area contributed by atoms with Gasteiger partial charge in [-0.15, -0.1) is 0 Å². The summed E-state index contributed by atoms with van der Waals surface area (Å²) in [4.78, 5) is 34.8. The summed E-state index contributed by atoms with van der Waals surface area (Å²) in [6.07, 6.45) is -3.46. The second-order valence-electron chi connectivity index (χ2n) is 5.04. The molecule has 0 aromatic heterocycles. The minimum absolute atomic E-state index is 1.02. The summed E-state index contributed by atoms with van der Waals surface area (Å²) in [7, 11) is -16.9. The van der Waals surface area contributed by atoms with Crippen molar-refractivity contribution in [1.29, 1.82) is 0 Å². The minimum atomic E-state index is -5.75. The molecule has 1 saturated heterocycles. The van der Waals surface area contributed by atoms with Gasteiger partial charge in [-0.25, -0.2) is 18.1 Å². The smallest absolute Gasteiger partial charge is 0.385 e. The molecule has 0 radical (unpaired) electrons. The van der Waals surface area contributed by atoms with Gasteiger partial charge in [-0.2, -0.15) is 8.62 Å². The van der Waals surface area contributed by atoms with Crippen LogP contribution >= 0.6 is 23.5 Å². The van der Waals surface area contributed by atoms with Gasteiger partial charge in [0.25, 0.3) is 5.85 Å². The molecule has 1 fully saturated rings. The molecule has 24 heavy (non-hydrogen) atoms. The van der Waals surface area contributed by atoms with Crippen LogP contribution in [0.15, 0.2) is 0 Å². The van der Waals surface area contributed by atoms with E-state index in [4.69, 9.17) is 14.7 Å². The van der Waals surface area contributed by atoms with E-state index in [0.717, 1.165) is 6.92 Å². The van der Waals surface area contributed by atoms with Crippen LogP contribution in [0, 0.1) is 0 Å². The maximum Gasteiger partial charge on any atom is 0.490 e. The Balaban J connectivity index is 2.78. The van der Waals surface area contributed by atoms with E-state index in [0.29, 0.717) is 0 Å². The predicted molar refractivity (Wildman–Crippen MR) is 70.8 cm³/mol. The summed E-state index contributed by atoms with van der Waals surface area (Å²) >= 11 is 0. The molecule has 17 heteroatoms. The van der Waals surface area contributed by atoms with Crippen LogP contribution in [0.3, 0.4) is 0 Å². The van der Waals surface area contributed by atoms with E-state index >= 15 is 0 Å². The lowest BCUT2D eigenvalue weighted by Crippen LogP contribution is -2.49. The zero-order valence-corrected chi connectivity index (χ0v) is 14.8. The minimum Gasteiger partial charge on any atom is -0.385 e. The average Bonchev–Trinajstić information content (AvgIpc) is 2.44. The molecule has 6 atom stereocenters. The number of hydrogen-bond donors (Lipinski definition) is 6. The maximum absolute atomic E-state index is 14.4. The quantitative estimate of drug-likeness (QED) is 0.288. The van der Waals surface area contributed by atoms with Crippen molar-refractivity contribution in [2.24, 2.45) is 0 Å². The zero-order valence-electron chi connectivity index (χ0n) is 12.1. The molecule has 1 aliphatic rings. The van der Waals surface area contributed by atoms with Crippen molar-refractivity contribution < 1.29 is 65.8 Å². The predicted octanol–water partition coefficient (Wildman–Crippen LogP) is -0.474. The first kappa shape index (κ1) is 22.3. The molecular weight excluding hydrogens is 404 g/mol. The van der Waals surface area contributed by atoms with Crippen molar-refractivity contribution in [3.8, 4) is 0 Å². The molecular formula is C7H16FO13P3. The molecule has 13 nitrogen and oxygen atoms in total. The Kier molecular flexibility index (Phi) is 6.26. The summed E-state index contributed by atoms with van der Waals surface area (Å²) in [6.45, 7) is 0.683. The largest absolute Gasteiger partial charge is 0.490 e. The van der Waals surface area contributed by atoms with Crippen LogP contribution in [0.4, 0.5) is 4.39 Å². The summed E-state index contributed by atoms with van der Waals surface area (Å²) in [5, 5.41) is 19.4. The van der Waals surface area contributed by atoms with Crippen LogP contribution in [0.1, 0.15) is 13.8 Å². The second-order valence-corrected chi connectivity index (χ2v) is 9.46. The third kappa shape index (κ3) is 5.61. The molecule has 0 bridgehead atoms. The van der Waals surface area contributed by atoms with Crippen molar-refractivity contribution in [1.82, 2.24) is 0 Å². The van der Waals surface area contributed by atoms with Crippen LogP contribution in [-0.2, 0) is 31.6 Å². The first-order chi connectivity index (χ1) is 10.4.